The maximum absolute atomic E-state index is 11.6. The Bertz CT molecular complexity index is 939. The third kappa shape index (κ3) is 4.38. The summed E-state index contributed by atoms with van der Waals surface area (Å²) in [5, 5.41) is 0. The van der Waals surface area contributed by atoms with E-state index in [1.165, 1.54) is 0 Å². The number of hydrogen-bond acceptors (Lipinski definition) is 5. The molecule has 0 aliphatic carbocycles. The van der Waals surface area contributed by atoms with Crippen LogP contribution in [0.2, 0.25) is 0 Å². The highest BCUT2D eigenvalue weighted by molar-refractivity contribution is 5.93. The first-order valence-electron chi connectivity index (χ1n) is 9.37. The zero-order valence-corrected chi connectivity index (χ0v) is 16.4. The van der Waals surface area contributed by atoms with Crippen molar-refractivity contribution in [3.63, 3.8) is 0 Å². The molecule has 1 heterocycles. The molecule has 0 atom stereocenters. The summed E-state index contributed by atoms with van der Waals surface area (Å²) in [4.78, 5) is 20.1. The largest absolute Gasteiger partial charge is 0.396 e. The van der Waals surface area contributed by atoms with Crippen LogP contribution in [0.5, 0.6) is 0 Å². The molecule has 0 aliphatic rings. The Morgan fingerprint density at radius 1 is 0.929 bits per heavy atom. The van der Waals surface area contributed by atoms with Crippen molar-refractivity contribution >= 4 is 23.3 Å². The monoisotopic (exact) mass is 374 g/mol. The predicted molar refractivity (Wildman–Crippen MR) is 116 cm³/mol. The minimum Gasteiger partial charge on any atom is -0.396 e. The number of aromatic nitrogens is 1. The van der Waals surface area contributed by atoms with E-state index in [9.17, 15) is 4.79 Å². The number of carbonyl (C=O) groups is 1. The molecule has 144 valence electrons. The van der Waals surface area contributed by atoms with Crippen molar-refractivity contribution in [3.8, 4) is 11.1 Å². The molecule has 0 unspecified atom stereocenters. The van der Waals surface area contributed by atoms with Crippen molar-refractivity contribution in [2.45, 2.75) is 6.42 Å². The highest BCUT2D eigenvalue weighted by Gasteiger charge is 2.17. The van der Waals surface area contributed by atoms with Gasteiger partial charge < -0.3 is 15.5 Å². The van der Waals surface area contributed by atoms with Gasteiger partial charge in [-0.3, -0.25) is 9.78 Å². The van der Waals surface area contributed by atoms with E-state index >= 15 is 0 Å². The number of aldehydes is 1. The minimum absolute atomic E-state index is 0.630. The van der Waals surface area contributed by atoms with Gasteiger partial charge in [-0.15, -0.1) is 0 Å². The topological polar surface area (TPSA) is 62.5 Å². The quantitative estimate of drug-likeness (QED) is 0.598. The predicted octanol–water partition coefficient (Wildman–Crippen LogP) is 4.23. The molecule has 1 aromatic heterocycles. The number of nitrogens with zero attached hydrogens (tertiary/aromatic N) is 3. The van der Waals surface area contributed by atoms with Crippen LogP contribution in [0.1, 0.15) is 16.8 Å². The van der Waals surface area contributed by atoms with Crippen molar-refractivity contribution in [1.82, 2.24) is 9.88 Å². The average Bonchev–Trinajstić information content (AvgIpc) is 2.72. The number of para-hydroxylation sites is 1. The second-order valence-electron chi connectivity index (χ2n) is 6.97. The third-order valence-electron chi connectivity index (χ3n) is 4.68. The second kappa shape index (κ2) is 9.15. The number of hydrogen-bond donors (Lipinski definition) is 1. The van der Waals surface area contributed by atoms with Gasteiger partial charge in [0.05, 0.1) is 17.6 Å². The molecule has 5 nitrogen and oxygen atoms in total. The van der Waals surface area contributed by atoms with E-state index in [0.717, 1.165) is 48.3 Å². The first-order chi connectivity index (χ1) is 13.6. The molecule has 3 rings (SSSR count). The van der Waals surface area contributed by atoms with E-state index in [0.29, 0.717) is 11.3 Å². The van der Waals surface area contributed by atoms with Crippen molar-refractivity contribution in [2.75, 3.05) is 37.8 Å². The number of carbonyl (C=O) groups excluding carboxylic acids is 1. The Kier molecular flexibility index (Phi) is 6.40. The van der Waals surface area contributed by atoms with Crippen LogP contribution < -0.4 is 10.6 Å². The highest BCUT2D eigenvalue weighted by atomic mass is 16.1. The normalized spacial score (nSPS) is 10.8. The molecular weight excluding hydrogens is 348 g/mol. The van der Waals surface area contributed by atoms with Gasteiger partial charge in [0.15, 0.2) is 6.29 Å². The maximum atomic E-state index is 11.6. The van der Waals surface area contributed by atoms with Crippen LogP contribution in [0.3, 0.4) is 0 Å². The SMILES string of the molecule is CN(C)CCCN(c1ccncc1N)c1ccccc1-c1ccccc1C=O. The smallest absolute Gasteiger partial charge is 0.150 e. The van der Waals surface area contributed by atoms with E-state index in [1.807, 2.05) is 48.5 Å². The van der Waals surface area contributed by atoms with Gasteiger partial charge in [0, 0.05) is 29.6 Å². The fourth-order valence-electron chi connectivity index (χ4n) is 3.34. The maximum Gasteiger partial charge on any atom is 0.150 e. The average molecular weight is 374 g/mol. The molecule has 28 heavy (non-hydrogen) atoms. The van der Waals surface area contributed by atoms with Crippen molar-refractivity contribution in [2.24, 2.45) is 0 Å². The fourth-order valence-corrected chi connectivity index (χ4v) is 3.34. The van der Waals surface area contributed by atoms with Gasteiger partial charge >= 0.3 is 0 Å². The molecular formula is C23H26N4O. The number of nitrogens with two attached hydrogens (primary N) is 1. The Morgan fingerprint density at radius 3 is 2.36 bits per heavy atom. The van der Waals surface area contributed by atoms with Crippen molar-refractivity contribution < 1.29 is 4.79 Å². The Labute approximate surface area is 166 Å². The number of pyridine rings is 1. The summed E-state index contributed by atoms with van der Waals surface area (Å²) >= 11 is 0. The molecule has 0 spiro atoms. The summed E-state index contributed by atoms with van der Waals surface area (Å²) in [6.45, 7) is 1.77. The first-order valence-corrected chi connectivity index (χ1v) is 9.37. The minimum atomic E-state index is 0.630. The Balaban J connectivity index is 2.10. The zero-order chi connectivity index (χ0) is 19.9. The second-order valence-corrected chi connectivity index (χ2v) is 6.97. The van der Waals surface area contributed by atoms with E-state index in [4.69, 9.17) is 5.73 Å². The summed E-state index contributed by atoms with van der Waals surface area (Å²) in [5.74, 6) is 0. The Hall–Kier alpha value is -3.18. The summed E-state index contributed by atoms with van der Waals surface area (Å²) in [6.07, 6.45) is 5.31. The lowest BCUT2D eigenvalue weighted by Gasteiger charge is -2.29. The molecule has 0 saturated heterocycles. The molecule has 0 saturated carbocycles. The van der Waals surface area contributed by atoms with Crippen LogP contribution in [0.4, 0.5) is 17.1 Å². The first kappa shape index (κ1) is 19.6. The van der Waals surface area contributed by atoms with E-state index in [2.05, 4.69) is 34.9 Å². The van der Waals surface area contributed by atoms with Gasteiger partial charge in [-0.25, -0.2) is 0 Å². The molecule has 5 heteroatoms. The third-order valence-corrected chi connectivity index (χ3v) is 4.68. The van der Waals surface area contributed by atoms with Gasteiger partial charge in [0.1, 0.15) is 0 Å². The molecule has 0 fully saturated rings. The van der Waals surface area contributed by atoms with E-state index < -0.39 is 0 Å². The van der Waals surface area contributed by atoms with Crippen molar-refractivity contribution in [3.05, 3.63) is 72.6 Å². The summed E-state index contributed by atoms with van der Waals surface area (Å²) in [6, 6.07) is 17.7. The molecule has 0 radical (unpaired) electrons. The van der Waals surface area contributed by atoms with Gasteiger partial charge in [-0.05, 0) is 44.8 Å². The highest BCUT2D eigenvalue weighted by Crippen LogP contribution is 2.38. The zero-order valence-electron chi connectivity index (χ0n) is 16.4. The fraction of sp³-hybridized carbons (Fsp3) is 0.217. The number of anilines is 3. The molecule has 0 aliphatic heterocycles. The number of benzene rings is 2. The van der Waals surface area contributed by atoms with Crippen LogP contribution >= 0.6 is 0 Å². The molecule has 2 aromatic carbocycles. The molecule has 3 aromatic rings. The van der Waals surface area contributed by atoms with E-state index in [-0.39, 0.29) is 0 Å². The lowest BCUT2D eigenvalue weighted by atomic mass is 9.98. The van der Waals surface area contributed by atoms with E-state index in [1.54, 1.807) is 12.4 Å². The van der Waals surface area contributed by atoms with Crippen LogP contribution in [0.25, 0.3) is 11.1 Å². The Morgan fingerprint density at radius 2 is 1.64 bits per heavy atom. The van der Waals surface area contributed by atoms with Gasteiger partial charge in [0.2, 0.25) is 0 Å². The summed E-state index contributed by atoms with van der Waals surface area (Å²) in [5.41, 5.74) is 11.4. The van der Waals surface area contributed by atoms with Crippen LogP contribution in [0, 0.1) is 0 Å². The van der Waals surface area contributed by atoms with Crippen LogP contribution in [0.15, 0.2) is 67.0 Å². The molecule has 2 N–H and O–H groups in total. The van der Waals surface area contributed by atoms with Gasteiger partial charge in [-0.1, -0.05) is 42.5 Å². The molecule has 0 bridgehead atoms. The lowest BCUT2D eigenvalue weighted by molar-refractivity contribution is 0.112. The van der Waals surface area contributed by atoms with Gasteiger partial charge in [0.25, 0.3) is 0 Å². The lowest BCUT2D eigenvalue weighted by Crippen LogP contribution is -2.24. The number of nitrogen functional groups attached to an aromatic ring is 1. The standard InChI is InChI=1S/C23H26N4O/c1-26(2)14-7-15-27(23-12-13-25-16-21(23)24)22-11-6-5-10-20(22)19-9-4-3-8-18(19)17-28/h3-6,8-13,16-17H,7,14-15,24H2,1-2H3. The molecule has 0 amide bonds. The summed E-state index contributed by atoms with van der Waals surface area (Å²) < 4.78 is 0. The van der Waals surface area contributed by atoms with Crippen LogP contribution in [-0.4, -0.2) is 43.4 Å². The van der Waals surface area contributed by atoms with Gasteiger partial charge in [-0.2, -0.15) is 0 Å². The van der Waals surface area contributed by atoms with Crippen LogP contribution in [-0.2, 0) is 0 Å². The summed E-state index contributed by atoms with van der Waals surface area (Å²) in [7, 11) is 4.14. The van der Waals surface area contributed by atoms with Crippen molar-refractivity contribution in [1.29, 1.82) is 0 Å². The number of rotatable bonds is 8.